The molecule has 1 aromatic carbocycles. The Morgan fingerprint density at radius 1 is 1.40 bits per heavy atom. The van der Waals surface area contributed by atoms with Gasteiger partial charge in [0.25, 0.3) is 0 Å². The minimum absolute atomic E-state index is 0.141. The third kappa shape index (κ3) is 4.22. The molecule has 1 rings (SSSR count). The highest BCUT2D eigenvalue weighted by atomic mass is 79.9. The molecule has 0 aliphatic heterocycles. The first kappa shape index (κ1) is 12.5. The minimum atomic E-state index is -0.238. The fraction of sp³-hybridized carbons (Fsp3) is 0.500. The van der Waals surface area contributed by atoms with E-state index in [9.17, 15) is 0 Å². The van der Waals surface area contributed by atoms with Gasteiger partial charge in [-0.25, -0.2) is 0 Å². The monoisotopic (exact) mass is 271 g/mol. The molecule has 0 amide bonds. The maximum absolute atomic E-state index is 5.92. The van der Waals surface area contributed by atoms with Crippen LogP contribution in [0, 0.1) is 0 Å². The average Bonchev–Trinajstić information content (AvgIpc) is 2.06. The third-order valence-corrected chi connectivity index (χ3v) is 2.69. The normalized spacial score (nSPS) is 13.7. The Kier molecular flexibility index (Phi) is 4.17. The first-order chi connectivity index (χ1) is 6.91. The fourth-order valence-corrected chi connectivity index (χ4v) is 2.01. The summed E-state index contributed by atoms with van der Waals surface area (Å²) in [4.78, 5) is 0. The van der Waals surface area contributed by atoms with E-state index in [1.165, 1.54) is 0 Å². The van der Waals surface area contributed by atoms with Gasteiger partial charge < -0.3 is 10.5 Å². The van der Waals surface area contributed by atoms with Crippen molar-refractivity contribution >= 4 is 15.9 Å². The van der Waals surface area contributed by atoms with Crippen molar-refractivity contribution in [3.05, 3.63) is 28.7 Å². The summed E-state index contributed by atoms with van der Waals surface area (Å²) in [6.45, 7) is 6.09. The van der Waals surface area contributed by atoms with E-state index in [4.69, 9.17) is 10.5 Å². The van der Waals surface area contributed by atoms with Gasteiger partial charge in [0.15, 0.2) is 0 Å². The fourth-order valence-electron chi connectivity index (χ4n) is 1.64. The standard InChI is InChI=1S/C12H18BrNO/c1-9(14)8-12(2,3)15-11-7-5-4-6-10(11)13/h4-7,9H,8,14H2,1-3H3. The molecule has 0 aliphatic carbocycles. The van der Waals surface area contributed by atoms with Gasteiger partial charge in [-0.2, -0.15) is 0 Å². The minimum Gasteiger partial charge on any atom is -0.487 e. The van der Waals surface area contributed by atoms with Gasteiger partial charge in [0.2, 0.25) is 0 Å². The highest BCUT2D eigenvalue weighted by molar-refractivity contribution is 9.10. The molecule has 84 valence electrons. The average molecular weight is 272 g/mol. The van der Waals surface area contributed by atoms with Crippen LogP contribution in [0.5, 0.6) is 5.75 Å². The van der Waals surface area contributed by atoms with Gasteiger partial charge in [0, 0.05) is 12.5 Å². The van der Waals surface area contributed by atoms with Crippen LogP contribution < -0.4 is 10.5 Å². The lowest BCUT2D eigenvalue weighted by Crippen LogP contribution is -2.35. The van der Waals surface area contributed by atoms with E-state index >= 15 is 0 Å². The number of nitrogens with two attached hydrogens (primary N) is 1. The molecule has 2 nitrogen and oxygen atoms in total. The lowest BCUT2D eigenvalue weighted by molar-refractivity contribution is 0.0924. The number of hydrogen-bond acceptors (Lipinski definition) is 2. The molecular weight excluding hydrogens is 254 g/mol. The molecule has 0 aromatic heterocycles. The summed E-state index contributed by atoms with van der Waals surface area (Å²) in [7, 11) is 0. The van der Waals surface area contributed by atoms with Gasteiger partial charge in [-0.15, -0.1) is 0 Å². The number of halogens is 1. The van der Waals surface area contributed by atoms with Crippen LogP contribution in [0.25, 0.3) is 0 Å². The zero-order chi connectivity index (χ0) is 11.5. The van der Waals surface area contributed by atoms with Gasteiger partial charge in [-0.1, -0.05) is 12.1 Å². The first-order valence-corrected chi connectivity index (χ1v) is 5.89. The molecule has 15 heavy (non-hydrogen) atoms. The van der Waals surface area contributed by atoms with E-state index in [0.717, 1.165) is 16.6 Å². The maximum atomic E-state index is 5.92. The highest BCUT2D eigenvalue weighted by Gasteiger charge is 2.22. The topological polar surface area (TPSA) is 35.2 Å². The summed E-state index contributed by atoms with van der Waals surface area (Å²) < 4.78 is 6.89. The molecule has 2 N–H and O–H groups in total. The van der Waals surface area contributed by atoms with E-state index in [1.807, 2.05) is 31.2 Å². The summed E-state index contributed by atoms with van der Waals surface area (Å²) in [5, 5.41) is 0. The van der Waals surface area contributed by atoms with Crippen LogP contribution in [0.1, 0.15) is 27.2 Å². The van der Waals surface area contributed by atoms with Crippen LogP contribution >= 0.6 is 15.9 Å². The third-order valence-electron chi connectivity index (χ3n) is 2.04. The molecule has 0 radical (unpaired) electrons. The number of ether oxygens (including phenoxy) is 1. The van der Waals surface area contributed by atoms with Crippen LogP contribution in [0.4, 0.5) is 0 Å². The van der Waals surface area contributed by atoms with Gasteiger partial charge in [-0.3, -0.25) is 0 Å². The van der Waals surface area contributed by atoms with Crippen LogP contribution in [0.2, 0.25) is 0 Å². The summed E-state index contributed by atoms with van der Waals surface area (Å²) in [6.07, 6.45) is 0.828. The molecule has 0 heterocycles. The molecule has 1 aromatic rings. The molecule has 0 saturated heterocycles. The van der Waals surface area contributed by atoms with Crippen molar-refractivity contribution in [2.75, 3.05) is 0 Å². The van der Waals surface area contributed by atoms with E-state index in [0.29, 0.717) is 0 Å². The Morgan fingerprint density at radius 3 is 2.53 bits per heavy atom. The van der Waals surface area contributed by atoms with Crippen molar-refractivity contribution in [3.8, 4) is 5.75 Å². The molecule has 0 saturated carbocycles. The van der Waals surface area contributed by atoms with Gasteiger partial charge in [0.05, 0.1) is 4.47 Å². The predicted octanol–water partition coefficient (Wildman–Crippen LogP) is 3.34. The zero-order valence-corrected chi connectivity index (χ0v) is 11.0. The van der Waals surface area contributed by atoms with Crippen molar-refractivity contribution in [2.45, 2.75) is 38.8 Å². The lowest BCUT2D eigenvalue weighted by Gasteiger charge is -2.28. The number of para-hydroxylation sites is 1. The largest absolute Gasteiger partial charge is 0.487 e. The van der Waals surface area contributed by atoms with Crippen molar-refractivity contribution < 1.29 is 4.74 Å². The second kappa shape index (κ2) is 4.99. The van der Waals surface area contributed by atoms with E-state index in [-0.39, 0.29) is 11.6 Å². The first-order valence-electron chi connectivity index (χ1n) is 5.10. The predicted molar refractivity (Wildman–Crippen MR) is 67.1 cm³/mol. The Labute approximate surface area is 99.9 Å². The van der Waals surface area contributed by atoms with E-state index in [1.54, 1.807) is 0 Å². The SMILES string of the molecule is CC(N)CC(C)(C)Oc1ccccc1Br. The summed E-state index contributed by atoms with van der Waals surface area (Å²) in [5.74, 6) is 0.864. The Morgan fingerprint density at radius 2 is 2.00 bits per heavy atom. The van der Waals surface area contributed by atoms with Crippen LogP contribution in [-0.2, 0) is 0 Å². The number of hydrogen-bond donors (Lipinski definition) is 1. The molecular formula is C12H18BrNO. The number of benzene rings is 1. The second-order valence-corrected chi connectivity index (χ2v) is 5.33. The Balaban J connectivity index is 2.73. The second-order valence-electron chi connectivity index (χ2n) is 4.47. The van der Waals surface area contributed by atoms with Crippen molar-refractivity contribution in [3.63, 3.8) is 0 Å². The number of rotatable bonds is 4. The van der Waals surface area contributed by atoms with Crippen LogP contribution in [-0.4, -0.2) is 11.6 Å². The lowest BCUT2D eigenvalue weighted by atomic mass is 10.0. The summed E-state index contributed by atoms with van der Waals surface area (Å²) in [6, 6.07) is 7.99. The smallest absolute Gasteiger partial charge is 0.134 e. The Bertz CT molecular complexity index is 323. The molecule has 0 fully saturated rings. The summed E-state index contributed by atoms with van der Waals surface area (Å²) >= 11 is 3.46. The molecule has 0 bridgehead atoms. The molecule has 1 atom stereocenters. The van der Waals surface area contributed by atoms with Crippen LogP contribution in [0.3, 0.4) is 0 Å². The molecule has 0 aliphatic rings. The van der Waals surface area contributed by atoms with Gasteiger partial charge in [-0.05, 0) is 48.8 Å². The molecule has 3 heteroatoms. The Hall–Kier alpha value is -0.540. The summed E-state index contributed by atoms with van der Waals surface area (Å²) in [5.41, 5.74) is 5.54. The zero-order valence-electron chi connectivity index (χ0n) is 9.46. The van der Waals surface area contributed by atoms with Gasteiger partial charge in [0.1, 0.15) is 11.4 Å². The van der Waals surface area contributed by atoms with Crippen molar-refractivity contribution in [1.82, 2.24) is 0 Å². The quantitative estimate of drug-likeness (QED) is 0.912. The van der Waals surface area contributed by atoms with Crippen LogP contribution in [0.15, 0.2) is 28.7 Å². The van der Waals surface area contributed by atoms with Crippen molar-refractivity contribution in [2.24, 2.45) is 5.73 Å². The highest BCUT2D eigenvalue weighted by Crippen LogP contribution is 2.29. The molecule has 0 spiro atoms. The van der Waals surface area contributed by atoms with E-state index < -0.39 is 0 Å². The van der Waals surface area contributed by atoms with Gasteiger partial charge >= 0.3 is 0 Å². The van der Waals surface area contributed by atoms with Crippen molar-refractivity contribution in [1.29, 1.82) is 0 Å². The molecule has 1 unspecified atom stereocenters. The van der Waals surface area contributed by atoms with E-state index in [2.05, 4.69) is 29.8 Å². The maximum Gasteiger partial charge on any atom is 0.134 e.